The third-order valence-corrected chi connectivity index (χ3v) is 5.68. The topological polar surface area (TPSA) is 32.3 Å². The van der Waals surface area contributed by atoms with Crippen molar-refractivity contribution in [2.24, 2.45) is 5.92 Å². The fourth-order valence-corrected chi connectivity index (χ4v) is 4.39. The number of carbonyl (C=O) groups excluding carboxylic acids is 1. The van der Waals surface area contributed by atoms with Crippen LogP contribution in [0.3, 0.4) is 0 Å². The van der Waals surface area contributed by atoms with Crippen molar-refractivity contribution in [1.82, 2.24) is 4.90 Å². The van der Waals surface area contributed by atoms with Crippen LogP contribution in [0.1, 0.15) is 29.3 Å². The molecule has 0 saturated heterocycles. The number of thiophene rings is 1. The first-order valence-electron chi connectivity index (χ1n) is 8.07. The number of hydrogen-bond acceptors (Lipinski definition) is 3. The molecule has 23 heavy (non-hydrogen) atoms. The lowest BCUT2D eigenvalue weighted by Crippen LogP contribution is -2.41. The summed E-state index contributed by atoms with van der Waals surface area (Å²) in [6, 6.07) is 8.88. The summed E-state index contributed by atoms with van der Waals surface area (Å²) < 4.78 is 13.7. The van der Waals surface area contributed by atoms with Crippen molar-refractivity contribution < 1.29 is 9.18 Å². The minimum absolute atomic E-state index is 0.139. The zero-order valence-electron chi connectivity index (χ0n) is 12.8. The number of fused-ring (bicyclic) bond motifs is 1. The SMILES string of the molecule is O=C(CN1CCc2sccc2[C@H]1C1CC1)Nc1ccccc1F. The molecule has 2 heterocycles. The molecule has 3 nitrogen and oxygen atoms in total. The first-order chi connectivity index (χ1) is 11.2. The lowest BCUT2D eigenvalue weighted by Gasteiger charge is -2.35. The van der Waals surface area contributed by atoms with Crippen LogP contribution in [0.5, 0.6) is 0 Å². The summed E-state index contributed by atoms with van der Waals surface area (Å²) in [5, 5.41) is 4.86. The average molecular weight is 330 g/mol. The maximum atomic E-state index is 13.7. The van der Waals surface area contributed by atoms with Gasteiger partial charge in [-0.25, -0.2) is 4.39 Å². The molecule has 120 valence electrons. The predicted octanol–water partition coefficient (Wildman–Crippen LogP) is 3.84. The van der Waals surface area contributed by atoms with E-state index in [9.17, 15) is 9.18 Å². The van der Waals surface area contributed by atoms with Crippen molar-refractivity contribution in [2.75, 3.05) is 18.4 Å². The van der Waals surface area contributed by atoms with Gasteiger partial charge in [-0.05, 0) is 54.3 Å². The van der Waals surface area contributed by atoms with Gasteiger partial charge in [-0.2, -0.15) is 0 Å². The van der Waals surface area contributed by atoms with Crippen LogP contribution >= 0.6 is 11.3 Å². The van der Waals surface area contributed by atoms with Crippen molar-refractivity contribution in [1.29, 1.82) is 0 Å². The molecule has 0 bridgehead atoms. The molecule has 2 aliphatic rings. The third-order valence-electron chi connectivity index (χ3n) is 4.68. The van der Waals surface area contributed by atoms with Gasteiger partial charge in [0.25, 0.3) is 0 Å². The predicted molar refractivity (Wildman–Crippen MR) is 90.1 cm³/mol. The summed E-state index contributed by atoms with van der Waals surface area (Å²) in [6.07, 6.45) is 3.49. The number of amides is 1. The maximum Gasteiger partial charge on any atom is 0.238 e. The van der Waals surface area contributed by atoms with Crippen LogP contribution in [-0.2, 0) is 11.2 Å². The Kier molecular flexibility index (Phi) is 3.91. The van der Waals surface area contributed by atoms with Gasteiger partial charge >= 0.3 is 0 Å². The van der Waals surface area contributed by atoms with Crippen molar-refractivity contribution in [3.05, 3.63) is 52.0 Å². The van der Waals surface area contributed by atoms with Crippen molar-refractivity contribution >= 4 is 22.9 Å². The van der Waals surface area contributed by atoms with E-state index < -0.39 is 5.82 Å². The molecule has 0 spiro atoms. The van der Waals surface area contributed by atoms with Crippen LogP contribution in [0, 0.1) is 11.7 Å². The van der Waals surface area contributed by atoms with Crippen LogP contribution in [0.2, 0.25) is 0 Å². The number of carbonyl (C=O) groups is 1. The smallest absolute Gasteiger partial charge is 0.238 e. The highest BCUT2D eigenvalue weighted by Gasteiger charge is 2.40. The van der Waals surface area contributed by atoms with E-state index in [1.165, 1.54) is 29.3 Å². The Bertz CT molecular complexity index is 725. The van der Waals surface area contributed by atoms with Gasteiger partial charge in [0.1, 0.15) is 5.82 Å². The van der Waals surface area contributed by atoms with Crippen LogP contribution in [0.25, 0.3) is 0 Å². The zero-order valence-corrected chi connectivity index (χ0v) is 13.6. The van der Waals surface area contributed by atoms with E-state index >= 15 is 0 Å². The second-order valence-corrected chi connectivity index (χ2v) is 7.33. The summed E-state index contributed by atoms with van der Waals surface area (Å²) in [4.78, 5) is 16.1. The first kappa shape index (κ1) is 14.8. The van der Waals surface area contributed by atoms with E-state index in [1.54, 1.807) is 18.2 Å². The number of rotatable bonds is 4. The molecule has 1 atom stereocenters. The summed E-state index contributed by atoms with van der Waals surface area (Å²) >= 11 is 1.82. The first-order valence-corrected chi connectivity index (χ1v) is 8.95. The van der Waals surface area contributed by atoms with Gasteiger partial charge in [0.2, 0.25) is 5.91 Å². The van der Waals surface area contributed by atoms with Gasteiger partial charge in [0.15, 0.2) is 0 Å². The van der Waals surface area contributed by atoms with E-state index in [2.05, 4.69) is 21.7 Å². The van der Waals surface area contributed by atoms with Gasteiger partial charge < -0.3 is 5.32 Å². The minimum atomic E-state index is -0.390. The van der Waals surface area contributed by atoms with Crippen LogP contribution < -0.4 is 5.32 Å². The highest BCUT2D eigenvalue weighted by molar-refractivity contribution is 7.10. The van der Waals surface area contributed by atoms with Crippen molar-refractivity contribution in [3.63, 3.8) is 0 Å². The number of halogens is 1. The Morgan fingerprint density at radius 1 is 1.30 bits per heavy atom. The standard InChI is InChI=1S/C18H19FN2OS/c19-14-3-1-2-4-15(14)20-17(22)11-21-9-7-16-13(8-10-23-16)18(21)12-5-6-12/h1-4,8,10,12,18H,5-7,9,11H2,(H,20,22)/t18-/m1/s1. The molecule has 1 saturated carbocycles. The monoisotopic (exact) mass is 330 g/mol. The van der Waals surface area contributed by atoms with Crippen molar-refractivity contribution in [3.8, 4) is 0 Å². The maximum absolute atomic E-state index is 13.7. The van der Waals surface area contributed by atoms with E-state index in [-0.39, 0.29) is 11.6 Å². The summed E-state index contributed by atoms with van der Waals surface area (Å²) in [7, 11) is 0. The lowest BCUT2D eigenvalue weighted by molar-refractivity contribution is -0.118. The highest BCUT2D eigenvalue weighted by Crippen LogP contribution is 2.48. The van der Waals surface area contributed by atoms with E-state index in [4.69, 9.17) is 0 Å². The van der Waals surface area contributed by atoms with Gasteiger partial charge in [-0.15, -0.1) is 11.3 Å². The Hall–Kier alpha value is -1.72. The highest BCUT2D eigenvalue weighted by atomic mass is 32.1. The Labute approximate surface area is 139 Å². The Morgan fingerprint density at radius 3 is 2.91 bits per heavy atom. The normalized spacial score (nSPS) is 21.0. The van der Waals surface area contributed by atoms with Gasteiger partial charge in [-0.3, -0.25) is 9.69 Å². The summed E-state index contributed by atoms with van der Waals surface area (Å²) in [5.41, 5.74) is 1.66. The van der Waals surface area contributed by atoms with Gasteiger partial charge in [-0.1, -0.05) is 12.1 Å². The number of nitrogens with zero attached hydrogens (tertiary/aromatic N) is 1. The van der Waals surface area contributed by atoms with E-state index in [0.29, 0.717) is 18.5 Å². The molecule has 4 rings (SSSR count). The fraction of sp³-hybridized carbons (Fsp3) is 0.389. The van der Waals surface area contributed by atoms with Crippen LogP contribution in [-0.4, -0.2) is 23.9 Å². The summed E-state index contributed by atoms with van der Waals surface area (Å²) in [5.74, 6) is 0.141. The quantitative estimate of drug-likeness (QED) is 0.924. The van der Waals surface area contributed by atoms with Gasteiger partial charge in [0.05, 0.1) is 12.2 Å². The second-order valence-electron chi connectivity index (χ2n) is 6.33. The Balaban J connectivity index is 1.48. The number of hydrogen-bond donors (Lipinski definition) is 1. The molecule has 5 heteroatoms. The molecule has 1 aromatic heterocycles. The molecule has 0 unspecified atom stereocenters. The van der Waals surface area contributed by atoms with E-state index in [0.717, 1.165) is 13.0 Å². The molecular formula is C18H19FN2OS. The summed E-state index contributed by atoms with van der Waals surface area (Å²) in [6.45, 7) is 1.23. The molecular weight excluding hydrogens is 311 g/mol. The molecule has 0 radical (unpaired) electrons. The second kappa shape index (κ2) is 6.06. The molecule has 1 N–H and O–H groups in total. The minimum Gasteiger partial charge on any atom is -0.322 e. The molecule has 2 aromatic rings. The van der Waals surface area contributed by atoms with E-state index in [1.807, 2.05) is 11.3 Å². The number of benzene rings is 1. The Morgan fingerprint density at radius 2 is 2.13 bits per heavy atom. The lowest BCUT2D eigenvalue weighted by atomic mass is 9.96. The van der Waals surface area contributed by atoms with Crippen LogP contribution in [0.15, 0.2) is 35.7 Å². The molecule has 1 fully saturated rings. The molecule has 1 aliphatic carbocycles. The molecule has 1 aromatic carbocycles. The number of nitrogens with one attached hydrogen (secondary N) is 1. The number of para-hydroxylation sites is 1. The van der Waals surface area contributed by atoms with Gasteiger partial charge in [0, 0.05) is 17.5 Å². The largest absolute Gasteiger partial charge is 0.322 e. The molecule has 1 aliphatic heterocycles. The third kappa shape index (κ3) is 3.03. The van der Waals surface area contributed by atoms with Crippen LogP contribution in [0.4, 0.5) is 10.1 Å². The average Bonchev–Trinajstić information content (AvgIpc) is 3.26. The molecule has 1 amide bonds. The fourth-order valence-electron chi connectivity index (χ4n) is 3.48. The number of anilines is 1. The zero-order chi connectivity index (χ0) is 15.8. The van der Waals surface area contributed by atoms with Crippen molar-refractivity contribution in [2.45, 2.75) is 25.3 Å².